The number of aromatic hydroxyl groups is 2. The number of nitrogens with two attached hydrogens (primary N) is 1. The SMILES string of the molecule is Nc1ccc(OCC=Cc2cc(O)ccc2O)cc1. The van der Waals surface area contributed by atoms with Crippen LogP contribution in [0.1, 0.15) is 5.56 Å². The van der Waals surface area contributed by atoms with Crippen molar-refractivity contribution in [3.63, 3.8) is 0 Å². The van der Waals surface area contributed by atoms with Gasteiger partial charge in [0.2, 0.25) is 0 Å². The molecule has 4 heteroatoms. The first-order valence-electron chi connectivity index (χ1n) is 5.82. The molecule has 4 nitrogen and oxygen atoms in total. The van der Waals surface area contributed by atoms with E-state index < -0.39 is 0 Å². The molecule has 4 N–H and O–H groups in total. The molecule has 0 aliphatic rings. The van der Waals surface area contributed by atoms with Gasteiger partial charge in [0.1, 0.15) is 23.9 Å². The second kappa shape index (κ2) is 5.82. The normalized spacial score (nSPS) is 10.7. The van der Waals surface area contributed by atoms with Crippen LogP contribution in [0.15, 0.2) is 48.5 Å². The zero-order chi connectivity index (χ0) is 13.7. The molecule has 2 rings (SSSR count). The van der Waals surface area contributed by atoms with Crippen molar-refractivity contribution in [2.45, 2.75) is 0 Å². The summed E-state index contributed by atoms with van der Waals surface area (Å²) in [4.78, 5) is 0. The van der Waals surface area contributed by atoms with Crippen molar-refractivity contribution in [2.24, 2.45) is 0 Å². The Morgan fingerprint density at radius 2 is 1.79 bits per heavy atom. The van der Waals surface area contributed by atoms with Crippen LogP contribution in [0.4, 0.5) is 5.69 Å². The number of anilines is 1. The van der Waals surface area contributed by atoms with Gasteiger partial charge in [0.25, 0.3) is 0 Å². The highest BCUT2D eigenvalue weighted by Gasteiger charge is 1.98. The molecule has 0 fully saturated rings. The smallest absolute Gasteiger partial charge is 0.123 e. The molecule has 0 atom stereocenters. The molecule has 2 aromatic rings. The molecule has 98 valence electrons. The molecule has 0 saturated carbocycles. The van der Waals surface area contributed by atoms with Crippen molar-refractivity contribution in [3.8, 4) is 17.2 Å². The highest BCUT2D eigenvalue weighted by Crippen LogP contribution is 2.23. The first-order chi connectivity index (χ1) is 9.15. The van der Waals surface area contributed by atoms with Crippen molar-refractivity contribution in [2.75, 3.05) is 12.3 Å². The van der Waals surface area contributed by atoms with Gasteiger partial charge in [0, 0.05) is 11.3 Å². The van der Waals surface area contributed by atoms with E-state index in [2.05, 4.69) is 0 Å². The molecule has 0 aliphatic carbocycles. The van der Waals surface area contributed by atoms with Crippen LogP contribution in [-0.4, -0.2) is 16.8 Å². The molecular formula is C15H15NO3. The number of phenols is 2. The standard InChI is InChI=1S/C15H15NO3/c16-12-3-6-14(7-4-12)19-9-1-2-11-10-13(17)5-8-15(11)18/h1-8,10,17-18H,9,16H2. The van der Waals surface area contributed by atoms with Gasteiger partial charge < -0.3 is 20.7 Å². The fraction of sp³-hybridized carbons (Fsp3) is 0.0667. The highest BCUT2D eigenvalue weighted by atomic mass is 16.5. The summed E-state index contributed by atoms with van der Waals surface area (Å²) in [7, 11) is 0. The summed E-state index contributed by atoms with van der Waals surface area (Å²) in [6, 6.07) is 11.5. The Morgan fingerprint density at radius 1 is 1.05 bits per heavy atom. The van der Waals surface area contributed by atoms with Gasteiger partial charge >= 0.3 is 0 Å². The van der Waals surface area contributed by atoms with Crippen molar-refractivity contribution in [1.29, 1.82) is 0 Å². The fourth-order valence-corrected chi connectivity index (χ4v) is 1.56. The minimum Gasteiger partial charge on any atom is -0.508 e. The molecule has 19 heavy (non-hydrogen) atoms. The Kier molecular flexibility index (Phi) is 3.93. The summed E-state index contributed by atoms with van der Waals surface area (Å²) in [5.41, 5.74) is 6.80. The maximum Gasteiger partial charge on any atom is 0.123 e. The molecule has 2 aromatic carbocycles. The van der Waals surface area contributed by atoms with E-state index in [0.717, 1.165) is 5.75 Å². The largest absolute Gasteiger partial charge is 0.508 e. The maximum absolute atomic E-state index is 9.56. The van der Waals surface area contributed by atoms with Crippen molar-refractivity contribution >= 4 is 11.8 Å². The summed E-state index contributed by atoms with van der Waals surface area (Å²) in [6.45, 7) is 0.360. The predicted octanol–water partition coefficient (Wildman–Crippen LogP) is 2.77. The molecule has 0 unspecified atom stereocenters. The van der Waals surface area contributed by atoms with E-state index >= 15 is 0 Å². The van der Waals surface area contributed by atoms with Gasteiger partial charge in [-0.3, -0.25) is 0 Å². The van der Waals surface area contributed by atoms with Gasteiger partial charge in [-0.2, -0.15) is 0 Å². The lowest BCUT2D eigenvalue weighted by molar-refractivity contribution is 0.363. The van der Waals surface area contributed by atoms with Crippen LogP contribution < -0.4 is 10.5 Å². The molecule has 0 bridgehead atoms. The Hall–Kier alpha value is -2.62. The Bertz CT molecular complexity index is 576. The number of phenolic OH excluding ortho intramolecular Hbond substituents is 2. The van der Waals surface area contributed by atoms with Crippen molar-refractivity contribution in [1.82, 2.24) is 0 Å². The number of nitrogen functional groups attached to an aromatic ring is 1. The molecule has 0 saturated heterocycles. The van der Waals surface area contributed by atoms with Gasteiger partial charge in [-0.1, -0.05) is 6.08 Å². The average Bonchev–Trinajstić information content (AvgIpc) is 2.40. The monoisotopic (exact) mass is 257 g/mol. The summed E-state index contributed by atoms with van der Waals surface area (Å²) in [5, 5.41) is 18.9. The topological polar surface area (TPSA) is 75.7 Å². The van der Waals surface area contributed by atoms with Crippen LogP contribution in [-0.2, 0) is 0 Å². The molecule has 0 radical (unpaired) electrons. The third-order valence-corrected chi connectivity index (χ3v) is 2.53. The quantitative estimate of drug-likeness (QED) is 0.581. The second-order valence-corrected chi connectivity index (χ2v) is 4.03. The molecule has 0 aromatic heterocycles. The van der Waals surface area contributed by atoms with E-state index in [1.54, 1.807) is 36.4 Å². The number of rotatable bonds is 4. The third kappa shape index (κ3) is 3.67. The number of hydrogen-bond acceptors (Lipinski definition) is 4. The van der Waals surface area contributed by atoms with Crippen LogP contribution >= 0.6 is 0 Å². The van der Waals surface area contributed by atoms with Crippen molar-refractivity contribution < 1.29 is 14.9 Å². The summed E-state index contributed by atoms with van der Waals surface area (Å²) in [6.07, 6.45) is 3.44. The van der Waals surface area contributed by atoms with E-state index in [1.165, 1.54) is 18.2 Å². The Labute approximate surface area is 111 Å². The van der Waals surface area contributed by atoms with E-state index in [4.69, 9.17) is 10.5 Å². The lowest BCUT2D eigenvalue weighted by Gasteiger charge is -2.03. The average molecular weight is 257 g/mol. The van der Waals surface area contributed by atoms with Crippen LogP contribution in [0.2, 0.25) is 0 Å². The Balaban J connectivity index is 1.93. The highest BCUT2D eigenvalue weighted by molar-refractivity contribution is 5.58. The molecule has 0 amide bonds. The van der Waals surface area contributed by atoms with Gasteiger partial charge in [-0.05, 0) is 48.5 Å². The molecule has 0 heterocycles. The zero-order valence-corrected chi connectivity index (χ0v) is 10.3. The van der Waals surface area contributed by atoms with Gasteiger partial charge in [0.15, 0.2) is 0 Å². The molecular weight excluding hydrogens is 242 g/mol. The predicted molar refractivity (Wildman–Crippen MR) is 75.2 cm³/mol. The molecule has 0 aliphatic heterocycles. The summed E-state index contributed by atoms with van der Waals surface area (Å²) < 4.78 is 5.47. The van der Waals surface area contributed by atoms with E-state index in [-0.39, 0.29) is 11.5 Å². The van der Waals surface area contributed by atoms with Gasteiger partial charge in [-0.25, -0.2) is 0 Å². The number of hydrogen-bond donors (Lipinski definition) is 3. The minimum atomic E-state index is 0.108. The van der Waals surface area contributed by atoms with Crippen LogP contribution in [0.5, 0.6) is 17.2 Å². The molecule has 0 spiro atoms. The summed E-state index contributed by atoms with van der Waals surface area (Å²) in [5.74, 6) is 0.942. The first-order valence-corrected chi connectivity index (χ1v) is 5.82. The summed E-state index contributed by atoms with van der Waals surface area (Å²) >= 11 is 0. The lowest BCUT2D eigenvalue weighted by Crippen LogP contribution is -1.93. The van der Waals surface area contributed by atoms with Gasteiger partial charge in [0.05, 0.1) is 0 Å². The van der Waals surface area contributed by atoms with Gasteiger partial charge in [-0.15, -0.1) is 0 Å². The Morgan fingerprint density at radius 3 is 2.53 bits per heavy atom. The van der Waals surface area contributed by atoms with Crippen LogP contribution in [0.3, 0.4) is 0 Å². The number of ether oxygens (including phenoxy) is 1. The maximum atomic E-state index is 9.56. The lowest BCUT2D eigenvalue weighted by atomic mass is 10.2. The van der Waals surface area contributed by atoms with Crippen LogP contribution in [0, 0.1) is 0 Å². The van der Waals surface area contributed by atoms with E-state index in [1.807, 2.05) is 0 Å². The zero-order valence-electron chi connectivity index (χ0n) is 10.3. The van der Waals surface area contributed by atoms with E-state index in [9.17, 15) is 10.2 Å². The number of benzene rings is 2. The fourth-order valence-electron chi connectivity index (χ4n) is 1.56. The van der Waals surface area contributed by atoms with Crippen LogP contribution in [0.25, 0.3) is 6.08 Å². The second-order valence-electron chi connectivity index (χ2n) is 4.03. The van der Waals surface area contributed by atoms with Crippen molar-refractivity contribution in [3.05, 3.63) is 54.1 Å². The minimum absolute atomic E-state index is 0.108. The third-order valence-electron chi connectivity index (χ3n) is 2.53. The first kappa shape index (κ1) is 12.8. The van der Waals surface area contributed by atoms with E-state index in [0.29, 0.717) is 17.9 Å².